The molecule has 0 heterocycles. The molecule has 0 aliphatic carbocycles. The van der Waals surface area contributed by atoms with Gasteiger partial charge in [0.25, 0.3) is 0 Å². The number of rotatable bonds is 4. The maximum atomic E-state index is 13.0. The third-order valence-electron chi connectivity index (χ3n) is 3.00. The van der Waals surface area contributed by atoms with Crippen LogP contribution in [0.4, 0.5) is 4.39 Å². The number of carbonyl (C=O) groups is 1. The van der Waals surface area contributed by atoms with Crippen molar-refractivity contribution in [1.82, 2.24) is 5.32 Å². The Morgan fingerprint density at radius 3 is 2.60 bits per heavy atom. The summed E-state index contributed by atoms with van der Waals surface area (Å²) in [6.45, 7) is 1.90. The average molecular weight is 292 g/mol. The van der Waals surface area contributed by atoms with E-state index in [4.69, 9.17) is 11.6 Å². The van der Waals surface area contributed by atoms with Gasteiger partial charge in [-0.05, 0) is 42.3 Å². The molecule has 2 aromatic rings. The quantitative estimate of drug-likeness (QED) is 0.909. The van der Waals surface area contributed by atoms with E-state index in [0.717, 1.165) is 5.56 Å². The molecule has 104 valence electrons. The van der Waals surface area contributed by atoms with E-state index < -0.39 is 0 Å². The average Bonchev–Trinajstić information content (AvgIpc) is 2.39. The zero-order chi connectivity index (χ0) is 14.5. The van der Waals surface area contributed by atoms with Crippen LogP contribution in [-0.2, 0) is 11.2 Å². The van der Waals surface area contributed by atoms with Gasteiger partial charge in [-0.2, -0.15) is 0 Å². The first kappa shape index (κ1) is 14.5. The third kappa shape index (κ3) is 4.07. The first-order valence-electron chi connectivity index (χ1n) is 6.34. The lowest BCUT2D eigenvalue weighted by Gasteiger charge is -2.14. The highest BCUT2D eigenvalue weighted by atomic mass is 35.5. The Morgan fingerprint density at radius 2 is 1.95 bits per heavy atom. The van der Waals surface area contributed by atoms with Crippen molar-refractivity contribution < 1.29 is 9.18 Å². The summed E-state index contributed by atoms with van der Waals surface area (Å²) in [5.74, 6) is -0.473. The van der Waals surface area contributed by atoms with Crippen LogP contribution in [0.25, 0.3) is 0 Å². The molecule has 0 bridgehead atoms. The molecule has 0 radical (unpaired) electrons. The number of amides is 1. The summed E-state index contributed by atoms with van der Waals surface area (Å²) in [7, 11) is 0. The normalized spacial score (nSPS) is 11.9. The van der Waals surface area contributed by atoms with Crippen LogP contribution in [0.3, 0.4) is 0 Å². The minimum absolute atomic E-state index is 0.117. The molecule has 0 spiro atoms. The number of halogens is 2. The van der Waals surface area contributed by atoms with Gasteiger partial charge in [0.2, 0.25) is 5.91 Å². The lowest BCUT2D eigenvalue weighted by atomic mass is 10.1. The number of hydrogen-bond acceptors (Lipinski definition) is 1. The number of hydrogen-bond donors (Lipinski definition) is 1. The second-order valence-electron chi connectivity index (χ2n) is 4.65. The van der Waals surface area contributed by atoms with Gasteiger partial charge < -0.3 is 5.32 Å². The number of carbonyl (C=O) groups excluding carboxylic acids is 1. The van der Waals surface area contributed by atoms with Crippen LogP contribution in [-0.4, -0.2) is 5.91 Å². The van der Waals surface area contributed by atoms with E-state index in [1.54, 1.807) is 24.3 Å². The highest BCUT2D eigenvalue weighted by Crippen LogP contribution is 2.16. The molecule has 1 unspecified atom stereocenters. The molecule has 0 saturated carbocycles. The fraction of sp³-hybridized carbons (Fsp3) is 0.188. The van der Waals surface area contributed by atoms with E-state index in [1.165, 1.54) is 12.1 Å². The topological polar surface area (TPSA) is 29.1 Å². The van der Waals surface area contributed by atoms with Gasteiger partial charge in [-0.3, -0.25) is 4.79 Å². The van der Waals surface area contributed by atoms with E-state index >= 15 is 0 Å². The number of benzene rings is 2. The molecule has 0 aliphatic rings. The molecule has 0 fully saturated rings. The van der Waals surface area contributed by atoms with Crippen LogP contribution in [0.15, 0.2) is 48.5 Å². The molecule has 0 aromatic heterocycles. The fourth-order valence-electron chi connectivity index (χ4n) is 1.96. The van der Waals surface area contributed by atoms with Crippen LogP contribution in [0.1, 0.15) is 24.1 Å². The smallest absolute Gasteiger partial charge is 0.224 e. The van der Waals surface area contributed by atoms with Gasteiger partial charge in [-0.1, -0.05) is 35.9 Å². The van der Waals surface area contributed by atoms with Gasteiger partial charge in [0.05, 0.1) is 12.5 Å². The zero-order valence-corrected chi connectivity index (χ0v) is 11.8. The number of nitrogens with one attached hydrogen (secondary N) is 1. The predicted octanol–water partition coefficient (Wildman–Crippen LogP) is 3.90. The van der Waals surface area contributed by atoms with E-state index in [0.29, 0.717) is 10.6 Å². The Bertz CT molecular complexity index is 598. The van der Waals surface area contributed by atoms with E-state index in [2.05, 4.69) is 5.32 Å². The predicted molar refractivity (Wildman–Crippen MR) is 78.1 cm³/mol. The molecule has 0 saturated heterocycles. The minimum Gasteiger partial charge on any atom is -0.349 e. The molecule has 20 heavy (non-hydrogen) atoms. The summed E-state index contributed by atoms with van der Waals surface area (Å²) < 4.78 is 13.0. The second kappa shape index (κ2) is 6.53. The van der Waals surface area contributed by atoms with E-state index in [9.17, 15) is 9.18 Å². The summed E-state index contributed by atoms with van der Waals surface area (Å²) in [4.78, 5) is 11.9. The lowest BCUT2D eigenvalue weighted by molar-refractivity contribution is -0.121. The van der Waals surface area contributed by atoms with E-state index in [-0.39, 0.29) is 24.2 Å². The summed E-state index contributed by atoms with van der Waals surface area (Å²) in [5.41, 5.74) is 1.63. The fourth-order valence-corrected chi connectivity index (χ4v) is 2.09. The highest BCUT2D eigenvalue weighted by Gasteiger charge is 2.10. The van der Waals surface area contributed by atoms with Crippen LogP contribution in [0.5, 0.6) is 0 Å². The molecule has 1 N–H and O–H groups in total. The molecule has 1 atom stereocenters. The highest BCUT2D eigenvalue weighted by molar-refractivity contribution is 6.30. The summed E-state index contributed by atoms with van der Waals surface area (Å²) >= 11 is 5.82. The van der Waals surface area contributed by atoms with Crippen molar-refractivity contribution in [3.63, 3.8) is 0 Å². The Balaban J connectivity index is 1.95. The maximum Gasteiger partial charge on any atom is 0.224 e. The van der Waals surface area contributed by atoms with Crippen molar-refractivity contribution in [2.45, 2.75) is 19.4 Å². The van der Waals surface area contributed by atoms with Crippen molar-refractivity contribution in [1.29, 1.82) is 0 Å². The standard InChI is InChI=1S/C16H15ClFNO/c1-11(13-5-7-14(17)8-6-13)19-16(20)10-12-3-2-4-15(18)9-12/h2-9,11H,10H2,1H3,(H,19,20). The SMILES string of the molecule is CC(NC(=O)Cc1cccc(F)c1)c1ccc(Cl)cc1. The molecular weight excluding hydrogens is 277 g/mol. The molecule has 2 aromatic carbocycles. The van der Waals surface area contributed by atoms with Crippen LogP contribution in [0.2, 0.25) is 5.02 Å². The van der Waals surface area contributed by atoms with Gasteiger partial charge in [-0.15, -0.1) is 0 Å². The van der Waals surface area contributed by atoms with Gasteiger partial charge in [0, 0.05) is 5.02 Å². The molecule has 1 amide bonds. The molecular formula is C16H15ClFNO. The Morgan fingerprint density at radius 1 is 1.25 bits per heavy atom. The van der Waals surface area contributed by atoms with Crippen LogP contribution in [0, 0.1) is 5.82 Å². The van der Waals surface area contributed by atoms with Gasteiger partial charge >= 0.3 is 0 Å². The van der Waals surface area contributed by atoms with Gasteiger partial charge in [-0.25, -0.2) is 4.39 Å². The van der Waals surface area contributed by atoms with Crippen molar-refractivity contribution in [2.24, 2.45) is 0 Å². The lowest BCUT2D eigenvalue weighted by Crippen LogP contribution is -2.28. The summed E-state index contributed by atoms with van der Waals surface area (Å²) in [6, 6.07) is 13.2. The Kier molecular flexibility index (Phi) is 4.74. The van der Waals surface area contributed by atoms with Crippen molar-refractivity contribution >= 4 is 17.5 Å². The largest absolute Gasteiger partial charge is 0.349 e. The minimum atomic E-state index is -0.332. The Labute approximate surface area is 122 Å². The van der Waals surface area contributed by atoms with Crippen LogP contribution >= 0.6 is 11.6 Å². The van der Waals surface area contributed by atoms with E-state index in [1.807, 2.05) is 19.1 Å². The van der Waals surface area contributed by atoms with Gasteiger partial charge in [0.15, 0.2) is 0 Å². The summed E-state index contributed by atoms with van der Waals surface area (Å²) in [6.07, 6.45) is 0.162. The van der Waals surface area contributed by atoms with Crippen LogP contribution < -0.4 is 5.32 Å². The van der Waals surface area contributed by atoms with Gasteiger partial charge in [0.1, 0.15) is 5.82 Å². The Hall–Kier alpha value is -1.87. The van der Waals surface area contributed by atoms with Crippen molar-refractivity contribution in [3.05, 3.63) is 70.5 Å². The first-order chi connectivity index (χ1) is 9.54. The van der Waals surface area contributed by atoms with Crippen molar-refractivity contribution in [3.8, 4) is 0 Å². The summed E-state index contributed by atoms with van der Waals surface area (Å²) in [5, 5.41) is 3.54. The molecule has 2 rings (SSSR count). The molecule has 0 aliphatic heterocycles. The second-order valence-corrected chi connectivity index (χ2v) is 5.08. The maximum absolute atomic E-state index is 13.0. The molecule has 4 heteroatoms. The van der Waals surface area contributed by atoms with Crippen molar-refractivity contribution in [2.75, 3.05) is 0 Å². The zero-order valence-electron chi connectivity index (χ0n) is 11.1. The molecule has 2 nitrogen and oxygen atoms in total. The third-order valence-corrected chi connectivity index (χ3v) is 3.25. The first-order valence-corrected chi connectivity index (χ1v) is 6.71. The monoisotopic (exact) mass is 291 g/mol.